The fraction of sp³-hybridized carbons (Fsp3) is 0.846. The molecule has 2 nitrogen and oxygen atoms in total. The molecule has 0 saturated heterocycles. The molecule has 0 heterocycles. The first-order chi connectivity index (χ1) is 7.67. The SMILES string of the molecule is CO[Si](C)(CCCC1CC2C=CC1C2)OC. The first kappa shape index (κ1) is 12.3. The molecule has 2 aliphatic rings. The third kappa shape index (κ3) is 2.58. The number of hydrogen-bond donors (Lipinski definition) is 0. The highest BCUT2D eigenvalue weighted by Crippen LogP contribution is 2.45. The molecule has 0 N–H and O–H groups in total. The van der Waals surface area contributed by atoms with Crippen molar-refractivity contribution in [2.75, 3.05) is 14.2 Å². The lowest BCUT2D eigenvalue weighted by Gasteiger charge is -2.24. The predicted molar refractivity (Wildman–Crippen MR) is 68.5 cm³/mol. The summed E-state index contributed by atoms with van der Waals surface area (Å²) in [6, 6.07) is 1.14. The van der Waals surface area contributed by atoms with Gasteiger partial charge in [0.1, 0.15) is 0 Å². The van der Waals surface area contributed by atoms with Gasteiger partial charge in [-0.2, -0.15) is 0 Å². The normalized spacial score (nSPS) is 32.6. The van der Waals surface area contributed by atoms with Crippen LogP contribution in [0.1, 0.15) is 25.7 Å². The van der Waals surface area contributed by atoms with E-state index in [-0.39, 0.29) is 0 Å². The van der Waals surface area contributed by atoms with E-state index in [2.05, 4.69) is 18.7 Å². The Morgan fingerprint density at radius 2 is 1.94 bits per heavy atom. The highest BCUT2D eigenvalue weighted by Gasteiger charge is 2.36. The molecule has 3 atom stereocenters. The summed E-state index contributed by atoms with van der Waals surface area (Å²) >= 11 is 0. The second kappa shape index (κ2) is 5.03. The minimum Gasteiger partial charge on any atom is -0.398 e. The molecule has 0 aromatic carbocycles. The van der Waals surface area contributed by atoms with E-state index in [0.717, 1.165) is 23.8 Å². The summed E-state index contributed by atoms with van der Waals surface area (Å²) < 4.78 is 11.0. The van der Waals surface area contributed by atoms with Crippen molar-refractivity contribution in [3.8, 4) is 0 Å². The van der Waals surface area contributed by atoms with Crippen molar-refractivity contribution >= 4 is 8.56 Å². The molecule has 92 valence electrons. The van der Waals surface area contributed by atoms with Crippen LogP contribution in [0.2, 0.25) is 12.6 Å². The van der Waals surface area contributed by atoms with Gasteiger partial charge in [0.25, 0.3) is 0 Å². The summed E-state index contributed by atoms with van der Waals surface area (Å²) in [6.45, 7) is 2.16. The summed E-state index contributed by atoms with van der Waals surface area (Å²) in [6.07, 6.45) is 10.4. The molecule has 1 fully saturated rings. The lowest BCUT2D eigenvalue weighted by molar-refractivity contribution is 0.246. The maximum atomic E-state index is 5.52. The van der Waals surface area contributed by atoms with E-state index in [1.165, 1.54) is 25.7 Å². The van der Waals surface area contributed by atoms with Crippen molar-refractivity contribution in [2.24, 2.45) is 17.8 Å². The molecule has 0 aromatic rings. The van der Waals surface area contributed by atoms with Gasteiger partial charge in [0.15, 0.2) is 0 Å². The summed E-state index contributed by atoms with van der Waals surface area (Å²) in [4.78, 5) is 0. The Morgan fingerprint density at radius 3 is 2.44 bits per heavy atom. The van der Waals surface area contributed by atoms with Crippen molar-refractivity contribution in [3.05, 3.63) is 12.2 Å². The third-order valence-electron chi connectivity index (χ3n) is 4.49. The second-order valence-electron chi connectivity index (χ2n) is 5.47. The van der Waals surface area contributed by atoms with E-state index in [9.17, 15) is 0 Å². The molecule has 0 aromatic heterocycles. The van der Waals surface area contributed by atoms with Gasteiger partial charge in [-0.05, 0) is 49.6 Å². The molecule has 0 aliphatic heterocycles. The Hall–Kier alpha value is -0.123. The maximum Gasteiger partial charge on any atom is 0.334 e. The third-order valence-corrected chi connectivity index (χ3v) is 7.47. The molecule has 0 amide bonds. The van der Waals surface area contributed by atoms with Crippen molar-refractivity contribution in [1.82, 2.24) is 0 Å². The van der Waals surface area contributed by atoms with E-state index in [1.54, 1.807) is 14.2 Å². The van der Waals surface area contributed by atoms with Crippen molar-refractivity contribution in [2.45, 2.75) is 38.3 Å². The van der Waals surface area contributed by atoms with Crippen LogP contribution in [-0.2, 0) is 8.85 Å². The van der Waals surface area contributed by atoms with E-state index >= 15 is 0 Å². The summed E-state index contributed by atoms with van der Waals surface area (Å²) in [7, 11) is 1.77. The second-order valence-corrected chi connectivity index (χ2v) is 9.06. The Balaban J connectivity index is 1.71. The molecule has 1 saturated carbocycles. The van der Waals surface area contributed by atoms with Crippen LogP contribution in [-0.4, -0.2) is 22.8 Å². The van der Waals surface area contributed by atoms with Gasteiger partial charge < -0.3 is 8.85 Å². The van der Waals surface area contributed by atoms with E-state index in [1.807, 2.05) is 0 Å². The zero-order chi connectivity index (χ0) is 11.6. The zero-order valence-electron chi connectivity index (χ0n) is 10.7. The van der Waals surface area contributed by atoms with Crippen LogP contribution in [0.3, 0.4) is 0 Å². The fourth-order valence-electron chi connectivity index (χ4n) is 3.20. The van der Waals surface area contributed by atoms with Gasteiger partial charge >= 0.3 is 8.56 Å². The van der Waals surface area contributed by atoms with Gasteiger partial charge in [-0.1, -0.05) is 18.6 Å². The summed E-state index contributed by atoms with van der Waals surface area (Å²) in [5.41, 5.74) is 0. The van der Waals surface area contributed by atoms with Gasteiger partial charge in [0, 0.05) is 14.2 Å². The van der Waals surface area contributed by atoms with Crippen molar-refractivity contribution < 1.29 is 8.85 Å². The van der Waals surface area contributed by atoms with Gasteiger partial charge in [-0.3, -0.25) is 0 Å². The summed E-state index contributed by atoms with van der Waals surface area (Å²) in [5.74, 6) is 2.74. The molecule has 2 rings (SSSR count). The van der Waals surface area contributed by atoms with Crippen LogP contribution in [0.5, 0.6) is 0 Å². The Kier molecular flexibility index (Phi) is 3.87. The van der Waals surface area contributed by atoms with E-state index in [4.69, 9.17) is 8.85 Å². The average Bonchev–Trinajstić information content (AvgIpc) is 2.91. The van der Waals surface area contributed by atoms with Crippen LogP contribution in [0.25, 0.3) is 0 Å². The molecule has 2 aliphatic carbocycles. The lowest BCUT2D eigenvalue weighted by atomic mass is 9.90. The van der Waals surface area contributed by atoms with Crippen LogP contribution < -0.4 is 0 Å². The number of fused-ring (bicyclic) bond motifs is 2. The standard InChI is InChI=1S/C13H24O2Si/c1-14-16(3,15-2)8-4-5-12-9-11-6-7-13(12)10-11/h6-7,11-13H,4-5,8-10H2,1-3H3. The van der Waals surface area contributed by atoms with E-state index in [0.29, 0.717) is 0 Å². The van der Waals surface area contributed by atoms with Crippen LogP contribution in [0.15, 0.2) is 12.2 Å². The molecule has 0 spiro atoms. The zero-order valence-corrected chi connectivity index (χ0v) is 11.7. The van der Waals surface area contributed by atoms with E-state index < -0.39 is 8.56 Å². The fourth-order valence-corrected chi connectivity index (χ4v) is 4.62. The minimum atomic E-state index is -1.81. The Bertz CT molecular complexity index is 261. The van der Waals surface area contributed by atoms with Crippen LogP contribution in [0.4, 0.5) is 0 Å². The minimum absolute atomic E-state index is 0.892. The summed E-state index contributed by atoms with van der Waals surface area (Å²) in [5, 5.41) is 0. The topological polar surface area (TPSA) is 18.5 Å². The first-order valence-electron chi connectivity index (χ1n) is 6.45. The number of hydrogen-bond acceptors (Lipinski definition) is 2. The molecule has 3 unspecified atom stereocenters. The maximum absolute atomic E-state index is 5.52. The average molecular weight is 240 g/mol. The van der Waals surface area contributed by atoms with Gasteiger partial charge in [-0.25, -0.2) is 0 Å². The highest BCUT2D eigenvalue weighted by atomic mass is 28.4. The predicted octanol–water partition coefficient (Wildman–Crippen LogP) is 3.34. The molecule has 16 heavy (non-hydrogen) atoms. The lowest BCUT2D eigenvalue weighted by Crippen LogP contribution is -2.35. The number of rotatable bonds is 6. The molecular formula is C13H24O2Si. The van der Waals surface area contributed by atoms with Gasteiger partial charge in [0.2, 0.25) is 0 Å². The molecule has 2 bridgehead atoms. The largest absolute Gasteiger partial charge is 0.398 e. The van der Waals surface area contributed by atoms with Crippen LogP contribution in [0, 0.1) is 17.8 Å². The van der Waals surface area contributed by atoms with Crippen molar-refractivity contribution in [1.29, 1.82) is 0 Å². The smallest absolute Gasteiger partial charge is 0.334 e. The highest BCUT2D eigenvalue weighted by molar-refractivity contribution is 6.65. The molecule has 3 heteroatoms. The Morgan fingerprint density at radius 1 is 1.19 bits per heavy atom. The van der Waals surface area contributed by atoms with Crippen molar-refractivity contribution in [3.63, 3.8) is 0 Å². The van der Waals surface area contributed by atoms with Crippen LogP contribution >= 0.6 is 0 Å². The molecular weight excluding hydrogens is 216 g/mol. The molecule has 0 radical (unpaired) electrons. The van der Waals surface area contributed by atoms with Gasteiger partial charge in [0.05, 0.1) is 0 Å². The first-order valence-corrected chi connectivity index (χ1v) is 8.98. The van der Waals surface area contributed by atoms with Gasteiger partial charge in [-0.15, -0.1) is 0 Å². The quantitative estimate of drug-likeness (QED) is 0.523. The monoisotopic (exact) mass is 240 g/mol. The Labute approximate surface area is 100 Å². The number of allylic oxidation sites excluding steroid dienone is 2.